The SMILES string of the molecule is NC(=O)N=C(N)Nc1cccc(S(=O)(=O)Nc2cccc(C3(Cl)C=C(Cl)C=C(CCC(=O)O)C3)c2)c1. The highest BCUT2D eigenvalue weighted by molar-refractivity contribution is 7.92. The summed E-state index contributed by atoms with van der Waals surface area (Å²) in [6.45, 7) is 0. The van der Waals surface area contributed by atoms with Crippen molar-refractivity contribution in [2.24, 2.45) is 16.5 Å². The van der Waals surface area contributed by atoms with Crippen molar-refractivity contribution >= 4 is 62.6 Å². The van der Waals surface area contributed by atoms with Crippen LogP contribution in [0.1, 0.15) is 24.8 Å². The molecule has 0 heterocycles. The number of aliphatic carboxylic acids is 1. The molecule has 1 aliphatic rings. The summed E-state index contributed by atoms with van der Waals surface area (Å²) in [5.74, 6) is -1.22. The third-order valence-corrected chi connectivity index (χ3v) is 7.15. The van der Waals surface area contributed by atoms with Crippen molar-refractivity contribution in [3.63, 3.8) is 0 Å². The van der Waals surface area contributed by atoms with Gasteiger partial charge in [-0.05, 0) is 60.9 Å². The number of allylic oxidation sites excluding steroid dienone is 4. The number of carboxylic acid groups (broad SMARTS) is 1. The first kappa shape index (κ1) is 27.1. The van der Waals surface area contributed by atoms with Crippen molar-refractivity contribution in [1.82, 2.24) is 0 Å². The normalized spacial score (nSPS) is 18.1. The maximum atomic E-state index is 13.0. The molecule has 2 aromatic carbocycles. The minimum absolute atomic E-state index is 0.0588. The smallest absolute Gasteiger partial charge is 0.341 e. The molecule has 13 heteroatoms. The Morgan fingerprint density at radius 3 is 2.50 bits per heavy atom. The van der Waals surface area contributed by atoms with Gasteiger partial charge in [0, 0.05) is 22.8 Å². The highest BCUT2D eigenvalue weighted by atomic mass is 35.5. The molecule has 0 spiro atoms. The summed E-state index contributed by atoms with van der Waals surface area (Å²) in [5, 5.41) is 11.9. The number of hydrogen-bond acceptors (Lipinski definition) is 4. The Kier molecular flexibility index (Phi) is 8.28. The number of anilines is 2. The number of rotatable bonds is 8. The zero-order chi connectivity index (χ0) is 26.5. The lowest BCUT2D eigenvalue weighted by Crippen LogP contribution is -2.25. The average molecular weight is 552 g/mol. The molecule has 0 radical (unpaired) electrons. The first-order valence-electron chi connectivity index (χ1n) is 10.5. The third kappa shape index (κ3) is 7.23. The van der Waals surface area contributed by atoms with E-state index in [1.54, 1.807) is 36.4 Å². The number of nitrogens with two attached hydrogens (primary N) is 2. The number of halogens is 2. The standard InChI is InChI=1S/C23H23Cl2N5O5S/c24-16-9-14(7-8-20(31)32)12-23(25,13-16)15-3-1-5-18(10-15)30-36(34,35)19-6-2-4-17(11-19)28-21(26)29-22(27)33/h1-6,9-11,13,30H,7-8,12H2,(H,31,32)(H5,26,27,28,29,33). The van der Waals surface area contributed by atoms with E-state index in [-0.39, 0.29) is 28.7 Å². The van der Waals surface area contributed by atoms with Crippen molar-refractivity contribution < 1.29 is 23.1 Å². The zero-order valence-corrected chi connectivity index (χ0v) is 21.1. The maximum absolute atomic E-state index is 13.0. The van der Waals surface area contributed by atoms with Crippen LogP contribution in [0.5, 0.6) is 0 Å². The first-order valence-corrected chi connectivity index (χ1v) is 12.7. The number of amides is 2. The lowest BCUT2D eigenvalue weighted by molar-refractivity contribution is -0.136. The Hall–Kier alpha value is -3.54. The summed E-state index contributed by atoms with van der Waals surface area (Å²) in [6, 6.07) is 11.2. The fourth-order valence-electron chi connectivity index (χ4n) is 3.59. The van der Waals surface area contributed by atoms with Crippen LogP contribution in [0.2, 0.25) is 0 Å². The van der Waals surface area contributed by atoms with Crippen LogP contribution < -0.4 is 21.5 Å². The van der Waals surface area contributed by atoms with Gasteiger partial charge in [-0.1, -0.05) is 35.4 Å². The lowest BCUT2D eigenvalue weighted by Gasteiger charge is -2.29. The largest absolute Gasteiger partial charge is 0.481 e. The highest BCUT2D eigenvalue weighted by Crippen LogP contribution is 2.43. The van der Waals surface area contributed by atoms with E-state index in [0.29, 0.717) is 23.4 Å². The van der Waals surface area contributed by atoms with E-state index < -0.39 is 26.9 Å². The van der Waals surface area contributed by atoms with Crippen LogP contribution in [0.4, 0.5) is 16.2 Å². The molecule has 2 aromatic rings. The van der Waals surface area contributed by atoms with Gasteiger partial charge in [-0.25, -0.2) is 13.2 Å². The van der Waals surface area contributed by atoms with Gasteiger partial charge < -0.3 is 21.9 Å². The Bertz CT molecular complexity index is 1390. The second-order valence-electron chi connectivity index (χ2n) is 7.94. The number of nitrogens with zero attached hydrogens (tertiary/aromatic N) is 1. The Morgan fingerprint density at radius 1 is 1.11 bits per heavy atom. The summed E-state index contributed by atoms with van der Waals surface area (Å²) in [7, 11) is -4.03. The van der Waals surface area contributed by atoms with E-state index >= 15 is 0 Å². The predicted molar refractivity (Wildman–Crippen MR) is 140 cm³/mol. The molecule has 10 nitrogen and oxygen atoms in total. The minimum atomic E-state index is -4.03. The molecule has 7 N–H and O–H groups in total. The number of nitrogens with one attached hydrogen (secondary N) is 2. The number of aliphatic imine (C=N–C) groups is 1. The van der Waals surface area contributed by atoms with E-state index in [4.69, 9.17) is 39.8 Å². The minimum Gasteiger partial charge on any atom is -0.481 e. The summed E-state index contributed by atoms with van der Waals surface area (Å²) in [4.78, 5) is 24.0. The number of carboxylic acids is 1. The molecule has 2 amide bonds. The number of primary amides is 1. The van der Waals surface area contributed by atoms with E-state index in [9.17, 15) is 18.0 Å². The number of alkyl halides is 1. The summed E-state index contributed by atoms with van der Waals surface area (Å²) in [5.41, 5.74) is 12.4. The maximum Gasteiger partial charge on any atom is 0.341 e. The second kappa shape index (κ2) is 11.0. The molecule has 190 valence electrons. The van der Waals surface area contributed by atoms with Gasteiger partial charge in [-0.3, -0.25) is 9.52 Å². The summed E-state index contributed by atoms with van der Waals surface area (Å²) in [6.07, 6.45) is 3.88. The van der Waals surface area contributed by atoms with Gasteiger partial charge in [-0.2, -0.15) is 4.99 Å². The third-order valence-electron chi connectivity index (χ3n) is 5.10. The van der Waals surface area contributed by atoms with Crippen LogP contribution in [-0.2, 0) is 19.7 Å². The van der Waals surface area contributed by atoms with Gasteiger partial charge in [0.2, 0.25) is 5.96 Å². The molecular formula is C23H23Cl2N5O5S. The van der Waals surface area contributed by atoms with Gasteiger partial charge in [0.25, 0.3) is 10.0 Å². The summed E-state index contributed by atoms with van der Waals surface area (Å²) < 4.78 is 28.6. The monoisotopic (exact) mass is 551 g/mol. The molecule has 0 aliphatic heterocycles. The predicted octanol–water partition coefficient (Wildman–Crippen LogP) is 4.04. The van der Waals surface area contributed by atoms with Crippen LogP contribution in [0, 0.1) is 0 Å². The summed E-state index contributed by atoms with van der Waals surface area (Å²) >= 11 is 13.1. The molecule has 3 rings (SSSR count). The van der Waals surface area contributed by atoms with Crippen molar-refractivity contribution in [2.45, 2.75) is 29.0 Å². The quantitative estimate of drug-likeness (QED) is 0.186. The van der Waals surface area contributed by atoms with Gasteiger partial charge in [0.1, 0.15) is 0 Å². The van der Waals surface area contributed by atoms with E-state index in [2.05, 4.69) is 15.0 Å². The molecule has 0 saturated carbocycles. The van der Waals surface area contributed by atoms with Crippen LogP contribution in [0.3, 0.4) is 0 Å². The fraction of sp³-hybridized carbons (Fsp3) is 0.174. The highest BCUT2D eigenvalue weighted by Gasteiger charge is 2.32. The van der Waals surface area contributed by atoms with Gasteiger partial charge in [0.05, 0.1) is 9.77 Å². The lowest BCUT2D eigenvalue weighted by atomic mass is 9.85. The zero-order valence-electron chi connectivity index (χ0n) is 18.7. The number of hydrogen-bond donors (Lipinski definition) is 5. The topological polar surface area (TPSA) is 177 Å². The van der Waals surface area contributed by atoms with E-state index in [1.807, 2.05) is 0 Å². The van der Waals surface area contributed by atoms with Gasteiger partial charge in [-0.15, -0.1) is 11.6 Å². The molecular weight excluding hydrogens is 529 g/mol. The number of benzene rings is 2. The number of urea groups is 1. The second-order valence-corrected chi connectivity index (χ2v) is 10.7. The van der Waals surface area contributed by atoms with Crippen LogP contribution in [-0.4, -0.2) is 31.5 Å². The Morgan fingerprint density at radius 2 is 1.81 bits per heavy atom. The van der Waals surface area contributed by atoms with Crippen molar-refractivity contribution in [1.29, 1.82) is 0 Å². The molecule has 0 bridgehead atoms. The van der Waals surface area contributed by atoms with Crippen molar-refractivity contribution in [3.05, 3.63) is 76.9 Å². The molecule has 1 atom stereocenters. The number of sulfonamides is 1. The number of guanidine groups is 1. The van der Waals surface area contributed by atoms with E-state index in [1.165, 1.54) is 24.3 Å². The van der Waals surface area contributed by atoms with Crippen molar-refractivity contribution in [2.75, 3.05) is 10.0 Å². The Labute approximate surface area is 217 Å². The average Bonchev–Trinajstić information content (AvgIpc) is 2.76. The molecule has 0 fully saturated rings. The van der Waals surface area contributed by atoms with Crippen LogP contribution >= 0.6 is 23.2 Å². The van der Waals surface area contributed by atoms with Gasteiger partial charge in [0.15, 0.2) is 0 Å². The molecule has 1 aliphatic carbocycles. The van der Waals surface area contributed by atoms with Crippen LogP contribution in [0.25, 0.3) is 0 Å². The fourth-order valence-corrected chi connectivity index (χ4v) is 5.49. The van der Waals surface area contributed by atoms with Gasteiger partial charge >= 0.3 is 12.0 Å². The van der Waals surface area contributed by atoms with Crippen LogP contribution in [0.15, 0.2) is 81.2 Å². The number of carbonyl (C=O) groups excluding carboxylic acids is 1. The van der Waals surface area contributed by atoms with Crippen molar-refractivity contribution in [3.8, 4) is 0 Å². The number of carbonyl (C=O) groups is 2. The first-order chi connectivity index (χ1) is 16.9. The molecule has 36 heavy (non-hydrogen) atoms. The molecule has 0 saturated heterocycles. The van der Waals surface area contributed by atoms with E-state index in [0.717, 1.165) is 5.57 Å². The Balaban J connectivity index is 1.82. The molecule has 1 unspecified atom stereocenters. The molecule has 0 aromatic heterocycles.